The summed E-state index contributed by atoms with van der Waals surface area (Å²) in [7, 11) is 3.30. The summed E-state index contributed by atoms with van der Waals surface area (Å²) >= 11 is 3.64. The van der Waals surface area contributed by atoms with Crippen LogP contribution in [0.3, 0.4) is 0 Å². The Hall–Kier alpha value is -3.03. The first-order valence-electron chi connectivity index (χ1n) is 12.2. The third-order valence-corrected chi connectivity index (χ3v) is 6.92. The molecule has 0 radical (unpaired) electrons. The highest BCUT2D eigenvalue weighted by molar-refractivity contribution is 9.10. The van der Waals surface area contributed by atoms with Gasteiger partial charge in [-0.3, -0.25) is 4.68 Å². The maximum absolute atomic E-state index is 6.35. The Morgan fingerprint density at radius 1 is 1.14 bits per heavy atom. The van der Waals surface area contributed by atoms with Gasteiger partial charge in [0.15, 0.2) is 0 Å². The molecule has 3 N–H and O–H groups in total. The number of hydrogen-bond acceptors (Lipinski definition) is 5. The Kier molecular flexibility index (Phi) is 10.2. The largest absolute Gasteiger partial charge is 0.494 e. The number of fused-ring (bicyclic) bond motifs is 1. The molecule has 1 aliphatic rings. The maximum atomic E-state index is 6.35. The SMILES string of the molecule is COCCNc1c(OC)cc(Cn2ncc3c2C=CCC=C3)c(Br)c1N.Cc1ccc(C(C)C)cc1. The molecule has 0 bridgehead atoms. The molecule has 0 atom stereocenters. The minimum absolute atomic E-state index is 0.585. The van der Waals surface area contributed by atoms with Crippen LogP contribution in [-0.4, -0.2) is 37.2 Å². The average molecular weight is 554 g/mol. The van der Waals surface area contributed by atoms with Crippen LogP contribution in [0.1, 0.15) is 54.1 Å². The molecule has 1 aliphatic carbocycles. The van der Waals surface area contributed by atoms with Gasteiger partial charge in [-0.25, -0.2) is 0 Å². The van der Waals surface area contributed by atoms with Crippen LogP contribution in [0.15, 0.2) is 53.2 Å². The molecule has 0 aliphatic heterocycles. The maximum Gasteiger partial charge on any atom is 0.144 e. The zero-order valence-corrected chi connectivity index (χ0v) is 23.4. The highest BCUT2D eigenvalue weighted by Crippen LogP contribution is 2.39. The van der Waals surface area contributed by atoms with Gasteiger partial charge >= 0.3 is 0 Å². The van der Waals surface area contributed by atoms with Gasteiger partial charge in [0.2, 0.25) is 0 Å². The number of anilines is 2. The number of nitrogens with one attached hydrogen (secondary N) is 1. The average Bonchev–Trinajstić information content (AvgIpc) is 3.08. The number of nitrogen functional groups attached to an aromatic ring is 1. The predicted octanol–water partition coefficient (Wildman–Crippen LogP) is 6.89. The van der Waals surface area contributed by atoms with Crippen molar-refractivity contribution >= 4 is 39.5 Å². The smallest absolute Gasteiger partial charge is 0.144 e. The van der Waals surface area contributed by atoms with Gasteiger partial charge in [-0.05, 0) is 58.5 Å². The molecule has 0 saturated heterocycles. The highest BCUT2D eigenvalue weighted by atomic mass is 79.9. The fourth-order valence-electron chi connectivity index (χ4n) is 3.86. The van der Waals surface area contributed by atoms with E-state index in [4.69, 9.17) is 15.2 Å². The number of allylic oxidation sites excluding steroid dienone is 2. The van der Waals surface area contributed by atoms with E-state index < -0.39 is 0 Å². The van der Waals surface area contributed by atoms with Crippen molar-refractivity contribution in [2.75, 3.05) is 38.4 Å². The molecule has 0 amide bonds. The number of halogens is 1. The summed E-state index contributed by atoms with van der Waals surface area (Å²) in [6, 6.07) is 10.7. The molecule has 3 aromatic rings. The van der Waals surface area contributed by atoms with Crippen molar-refractivity contribution in [2.45, 2.75) is 39.7 Å². The molecule has 6 nitrogen and oxygen atoms in total. The Balaban J connectivity index is 0.000000303. The third kappa shape index (κ3) is 7.02. The zero-order chi connectivity index (χ0) is 26.1. The van der Waals surface area contributed by atoms with Crippen molar-refractivity contribution in [1.82, 2.24) is 9.78 Å². The van der Waals surface area contributed by atoms with E-state index in [1.807, 2.05) is 16.9 Å². The minimum atomic E-state index is 0.585. The normalized spacial score (nSPS) is 12.1. The van der Waals surface area contributed by atoms with Gasteiger partial charge in [0.1, 0.15) is 11.4 Å². The van der Waals surface area contributed by atoms with Crippen LogP contribution in [0.4, 0.5) is 11.4 Å². The van der Waals surface area contributed by atoms with Gasteiger partial charge in [0.05, 0.1) is 37.8 Å². The Bertz CT molecular complexity index is 1200. The molecule has 2 aromatic carbocycles. The van der Waals surface area contributed by atoms with Crippen molar-refractivity contribution in [1.29, 1.82) is 0 Å². The van der Waals surface area contributed by atoms with Crippen molar-refractivity contribution < 1.29 is 9.47 Å². The van der Waals surface area contributed by atoms with Crippen LogP contribution in [0.5, 0.6) is 5.75 Å². The zero-order valence-electron chi connectivity index (χ0n) is 21.8. The molecule has 0 saturated carbocycles. The molecule has 192 valence electrons. The van der Waals surface area contributed by atoms with Crippen molar-refractivity contribution in [3.8, 4) is 5.75 Å². The van der Waals surface area contributed by atoms with Crippen molar-refractivity contribution in [3.63, 3.8) is 0 Å². The number of rotatable bonds is 8. The van der Waals surface area contributed by atoms with E-state index in [1.54, 1.807) is 14.2 Å². The van der Waals surface area contributed by atoms with Crippen molar-refractivity contribution in [2.24, 2.45) is 0 Å². The fraction of sp³-hybridized carbons (Fsp3) is 0.345. The second-order valence-corrected chi connectivity index (χ2v) is 9.80. The monoisotopic (exact) mass is 552 g/mol. The number of ether oxygens (including phenoxy) is 2. The second kappa shape index (κ2) is 13.3. The van der Waals surface area contributed by atoms with Gasteiger partial charge in [0, 0.05) is 23.7 Å². The van der Waals surface area contributed by atoms with E-state index in [0.29, 0.717) is 37.1 Å². The molecule has 1 heterocycles. The number of aryl methyl sites for hydroxylation is 1. The molecule has 0 fully saturated rings. The fourth-order valence-corrected chi connectivity index (χ4v) is 4.30. The van der Waals surface area contributed by atoms with Crippen LogP contribution in [0, 0.1) is 6.92 Å². The lowest BCUT2D eigenvalue weighted by atomic mass is 10.0. The summed E-state index contributed by atoms with van der Waals surface area (Å²) in [4.78, 5) is 0. The van der Waals surface area contributed by atoms with Gasteiger partial charge < -0.3 is 20.5 Å². The Morgan fingerprint density at radius 2 is 1.86 bits per heavy atom. The van der Waals surface area contributed by atoms with E-state index in [2.05, 4.69) is 95.7 Å². The lowest BCUT2D eigenvalue weighted by molar-refractivity contribution is 0.210. The Morgan fingerprint density at radius 3 is 2.53 bits per heavy atom. The summed E-state index contributed by atoms with van der Waals surface area (Å²) in [6.07, 6.45) is 11.3. The van der Waals surface area contributed by atoms with Gasteiger partial charge in [-0.1, -0.05) is 61.9 Å². The number of nitrogens with two attached hydrogens (primary N) is 1. The first-order valence-corrected chi connectivity index (χ1v) is 13.0. The van der Waals surface area contributed by atoms with Crippen LogP contribution in [-0.2, 0) is 11.3 Å². The molecule has 0 spiro atoms. The number of methoxy groups -OCH3 is 2. The van der Waals surface area contributed by atoms with E-state index in [1.165, 1.54) is 11.1 Å². The lowest BCUT2D eigenvalue weighted by Crippen LogP contribution is -2.12. The third-order valence-electron chi connectivity index (χ3n) is 5.99. The quantitative estimate of drug-likeness (QED) is 0.235. The summed E-state index contributed by atoms with van der Waals surface area (Å²) in [6.45, 7) is 8.36. The lowest BCUT2D eigenvalue weighted by Gasteiger charge is -2.18. The first kappa shape index (κ1) is 27.6. The summed E-state index contributed by atoms with van der Waals surface area (Å²) in [5.74, 6) is 1.35. The van der Waals surface area contributed by atoms with E-state index in [9.17, 15) is 0 Å². The number of aromatic nitrogens is 2. The minimum Gasteiger partial charge on any atom is -0.494 e. The van der Waals surface area contributed by atoms with Crippen LogP contribution >= 0.6 is 15.9 Å². The molecule has 36 heavy (non-hydrogen) atoms. The molecule has 7 heteroatoms. The van der Waals surface area contributed by atoms with Gasteiger partial charge in [-0.15, -0.1) is 0 Å². The molecule has 0 unspecified atom stereocenters. The Labute approximate surface area is 223 Å². The van der Waals surface area contributed by atoms with Gasteiger partial charge in [0.25, 0.3) is 0 Å². The molecular weight excluding hydrogens is 516 g/mol. The molecular formula is C29H37BrN4O2. The topological polar surface area (TPSA) is 74.3 Å². The number of hydrogen-bond donors (Lipinski definition) is 2. The van der Waals surface area contributed by atoms with Crippen LogP contribution in [0.25, 0.3) is 12.2 Å². The standard InChI is InChI=1S/C19H23BrN4O2.C10H14/c1-25-9-8-22-19-16(26-2)10-14(17(20)18(19)21)12-24-15-7-5-3-4-6-13(15)11-23-24;1-8(2)10-6-4-9(3)5-7-10/h4-7,10-11,22H,3,8-9,12,21H2,1-2H3;4-8H,1-3H3. The predicted molar refractivity (Wildman–Crippen MR) is 155 cm³/mol. The van der Waals surface area contributed by atoms with E-state index in [0.717, 1.165) is 33.4 Å². The summed E-state index contributed by atoms with van der Waals surface area (Å²) in [5.41, 5.74) is 13.7. The van der Waals surface area contributed by atoms with Crippen molar-refractivity contribution in [3.05, 3.63) is 81.1 Å². The molecule has 4 rings (SSSR count). The number of nitrogens with zero attached hydrogens (tertiary/aromatic N) is 2. The van der Waals surface area contributed by atoms with E-state index in [-0.39, 0.29) is 0 Å². The number of benzene rings is 2. The van der Waals surface area contributed by atoms with Gasteiger partial charge in [-0.2, -0.15) is 5.10 Å². The van der Waals surface area contributed by atoms with E-state index >= 15 is 0 Å². The van der Waals surface area contributed by atoms with Crippen LogP contribution < -0.4 is 15.8 Å². The van der Waals surface area contributed by atoms with Crippen LogP contribution in [0.2, 0.25) is 0 Å². The summed E-state index contributed by atoms with van der Waals surface area (Å²) in [5, 5.41) is 7.79. The second-order valence-electron chi connectivity index (χ2n) is 9.01. The highest BCUT2D eigenvalue weighted by Gasteiger charge is 2.17. The summed E-state index contributed by atoms with van der Waals surface area (Å²) < 4.78 is 13.4. The first-order chi connectivity index (χ1) is 17.3. The molecule has 1 aromatic heterocycles.